The minimum Gasteiger partial charge on any atom is -0.456 e. The van der Waals surface area contributed by atoms with Crippen LogP contribution < -0.4 is 0 Å². The zero-order valence-corrected chi connectivity index (χ0v) is 31.0. The molecule has 0 aliphatic carbocycles. The molecule has 0 amide bonds. The second-order valence-electron chi connectivity index (χ2n) is 15.2. The fraction of sp³-hybridized carbons (Fsp3) is 0. The molecule has 0 unspecified atom stereocenters. The molecular formula is C54H30OS. The molecule has 2 heteroatoms. The van der Waals surface area contributed by atoms with Gasteiger partial charge in [-0.1, -0.05) is 133 Å². The highest BCUT2D eigenvalue weighted by Gasteiger charge is 2.17. The third-order valence-corrected chi connectivity index (χ3v) is 13.3. The lowest BCUT2D eigenvalue weighted by Gasteiger charge is -2.13. The van der Waals surface area contributed by atoms with E-state index >= 15 is 0 Å². The number of furan rings is 1. The van der Waals surface area contributed by atoms with Gasteiger partial charge in [-0.15, -0.1) is 11.3 Å². The summed E-state index contributed by atoms with van der Waals surface area (Å²) in [5.74, 6) is 0. The van der Waals surface area contributed by atoms with Crippen LogP contribution in [0.25, 0.3) is 129 Å². The molecule has 0 bridgehead atoms. The van der Waals surface area contributed by atoms with Crippen LogP contribution in [0.15, 0.2) is 186 Å². The van der Waals surface area contributed by atoms with Crippen molar-refractivity contribution < 1.29 is 4.42 Å². The Morgan fingerprint density at radius 2 is 0.857 bits per heavy atom. The van der Waals surface area contributed by atoms with Crippen LogP contribution in [0.2, 0.25) is 0 Å². The van der Waals surface area contributed by atoms with Crippen molar-refractivity contribution in [3.05, 3.63) is 182 Å². The summed E-state index contributed by atoms with van der Waals surface area (Å²) in [6, 6.07) is 67.3. The molecule has 56 heavy (non-hydrogen) atoms. The van der Waals surface area contributed by atoms with E-state index in [1.54, 1.807) is 0 Å². The van der Waals surface area contributed by atoms with Gasteiger partial charge in [-0.25, -0.2) is 0 Å². The van der Waals surface area contributed by atoms with Crippen LogP contribution in [0.3, 0.4) is 0 Å². The average molecular weight is 727 g/mol. The largest absolute Gasteiger partial charge is 0.456 e. The Kier molecular flexibility index (Phi) is 6.11. The van der Waals surface area contributed by atoms with E-state index < -0.39 is 0 Å². The number of thiophene rings is 1. The summed E-state index contributed by atoms with van der Waals surface area (Å²) >= 11 is 1.90. The molecule has 0 aliphatic heterocycles. The lowest BCUT2D eigenvalue weighted by molar-refractivity contribution is 0.669. The SMILES string of the molecule is c1ccc2cc3c(cc2c1)sc1ccc2c4ccc(-c5ccc6oc7ccc(-c8cccc9c8ccc8ccccc89)cc7c6c5)cc4c4ccccc4c2c13. The van der Waals surface area contributed by atoms with Gasteiger partial charge in [0, 0.05) is 30.9 Å². The molecule has 0 aliphatic rings. The summed E-state index contributed by atoms with van der Waals surface area (Å²) in [7, 11) is 0. The number of fused-ring (bicyclic) bond motifs is 17. The molecule has 0 spiro atoms. The van der Waals surface area contributed by atoms with E-state index in [4.69, 9.17) is 4.42 Å². The number of hydrogen-bond donors (Lipinski definition) is 0. The minimum absolute atomic E-state index is 0.904. The molecule has 13 aromatic rings. The van der Waals surface area contributed by atoms with E-state index in [0.29, 0.717) is 0 Å². The van der Waals surface area contributed by atoms with Crippen molar-refractivity contribution in [3.63, 3.8) is 0 Å². The second-order valence-corrected chi connectivity index (χ2v) is 16.3. The first-order valence-electron chi connectivity index (χ1n) is 19.2. The van der Waals surface area contributed by atoms with E-state index in [2.05, 4.69) is 182 Å². The van der Waals surface area contributed by atoms with Gasteiger partial charge in [0.05, 0.1) is 0 Å². The Labute approximate surface area is 325 Å². The van der Waals surface area contributed by atoms with Crippen LogP contribution in [-0.2, 0) is 0 Å². The smallest absolute Gasteiger partial charge is 0.135 e. The van der Waals surface area contributed by atoms with Crippen LogP contribution in [0, 0.1) is 0 Å². The molecule has 0 saturated carbocycles. The monoisotopic (exact) mass is 726 g/mol. The van der Waals surface area contributed by atoms with E-state index in [0.717, 1.165) is 21.9 Å². The van der Waals surface area contributed by atoms with Crippen LogP contribution >= 0.6 is 11.3 Å². The van der Waals surface area contributed by atoms with Crippen LogP contribution in [-0.4, -0.2) is 0 Å². The summed E-state index contributed by atoms with van der Waals surface area (Å²) in [6.45, 7) is 0. The maximum atomic E-state index is 6.44. The third-order valence-electron chi connectivity index (χ3n) is 12.2. The molecule has 0 N–H and O–H groups in total. The Hall–Kier alpha value is -7.00. The number of hydrogen-bond acceptors (Lipinski definition) is 2. The van der Waals surface area contributed by atoms with Crippen molar-refractivity contribution in [2.24, 2.45) is 0 Å². The van der Waals surface area contributed by atoms with Crippen LogP contribution in [0.5, 0.6) is 0 Å². The van der Waals surface area contributed by atoms with E-state index in [-0.39, 0.29) is 0 Å². The molecule has 0 atom stereocenters. The van der Waals surface area contributed by atoms with Crippen molar-refractivity contribution in [1.29, 1.82) is 0 Å². The topological polar surface area (TPSA) is 13.1 Å². The van der Waals surface area contributed by atoms with Crippen molar-refractivity contribution in [2.45, 2.75) is 0 Å². The first-order valence-corrected chi connectivity index (χ1v) is 20.0. The van der Waals surface area contributed by atoms with Gasteiger partial charge in [-0.3, -0.25) is 0 Å². The molecule has 1 nitrogen and oxygen atoms in total. The zero-order chi connectivity index (χ0) is 36.5. The lowest BCUT2D eigenvalue weighted by Crippen LogP contribution is -1.86. The Morgan fingerprint density at radius 3 is 1.70 bits per heavy atom. The molecule has 0 radical (unpaired) electrons. The van der Waals surface area contributed by atoms with Gasteiger partial charge in [0.15, 0.2) is 0 Å². The fourth-order valence-electron chi connectivity index (χ4n) is 9.59. The highest BCUT2D eigenvalue weighted by Crippen LogP contribution is 2.46. The van der Waals surface area contributed by atoms with Gasteiger partial charge in [0.25, 0.3) is 0 Å². The van der Waals surface area contributed by atoms with Gasteiger partial charge in [-0.05, 0) is 135 Å². The quantitative estimate of drug-likeness (QED) is 0.162. The maximum Gasteiger partial charge on any atom is 0.135 e. The first kappa shape index (κ1) is 30.3. The molecule has 0 saturated heterocycles. The molecule has 13 rings (SSSR count). The summed E-state index contributed by atoms with van der Waals surface area (Å²) < 4.78 is 9.11. The van der Waals surface area contributed by atoms with Crippen molar-refractivity contribution >= 4 is 118 Å². The van der Waals surface area contributed by atoms with Crippen LogP contribution in [0.1, 0.15) is 0 Å². The molecule has 2 aromatic heterocycles. The summed E-state index contributed by atoms with van der Waals surface area (Å²) in [5, 5.41) is 20.4. The normalized spacial score (nSPS) is 12.3. The molecular weight excluding hydrogens is 697 g/mol. The predicted molar refractivity (Wildman–Crippen MR) is 243 cm³/mol. The highest BCUT2D eigenvalue weighted by molar-refractivity contribution is 7.26. The summed E-state index contributed by atoms with van der Waals surface area (Å²) in [6.07, 6.45) is 0. The van der Waals surface area contributed by atoms with Gasteiger partial charge >= 0.3 is 0 Å². The molecule has 258 valence electrons. The third kappa shape index (κ3) is 4.25. The van der Waals surface area contributed by atoms with E-state index in [1.165, 1.54) is 107 Å². The van der Waals surface area contributed by atoms with Crippen molar-refractivity contribution in [3.8, 4) is 22.3 Å². The average Bonchev–Trinajstić information content (AvgIpc) is 3.82. The van der Waals surface area contributed by atoms with Gasteiger partial charge in [-0.2, -0.15) is 0 Å². The highest BCUT2D eigenvalue weighted by atomic mass is 32.1. The fourth-order valence-corrected chi connectivity index (χ4v) is 10.7. The van der Waals surface area contributed by atoms with Crippen molar-refractivity contribution in [1.82, 2.24) is 0 Å². The lowest BCUT2D eigenvalue weighted by atomic mass is 9.90. The Balaban J connectivity index is 0.997. The van der Waals surface area contributed by atoms with Crippen molar-refractivity contribution in [2.75, 3.05) is 0 Å². The maximum absolute atomic E-state index is 6.44. The molecule has 11 aromatic carbocycles. The summed E-state index contributed by atoms with van der Waals surface area (Å²) in [5.41, 5.74) is 6.61. The zero-order valence-electron chi connectivity index (χ0n) is 30.1. The Bertz CT molecular complexity index is 3800. The summed E-state index contributed by atoms with van der Waals surface area (Å²) in [4.78, 5) is 0. The minimum atomic E-state index is 0.904. The van der Waals surface area contributed by atoms with Gasteiger partial charge < -0.3 is 4.42 Å². The van der Waals surface area contributed by atoms with Crippen LogP contribution in [0.4, 0.5) is 0 Å². The van der Waals surface area contributed by atoms with E-state index in [1.807, 2.05) is 11.3 Å². The first-order chi connectivity index (χ1) is 27.7. The predicted octanol–water partition coefficient (Wildman–Crippen LogP) is 16.2. The Morgan fingerprint density at radius 1 is 0.286 bits per heavy atom. The standard InChI is InChI=1S/C54H30OS/c1-2-10-33-30-52-48(28-32(33)9-1)54-51(56-52)25-22-44-42-21-17-34(26-45(42)40-12-5-6-13-43(40)53(44)54)35-18-23-49-46(27-35)47-29-36(19-24-50(47)55-49)38-14-7-15-39-37-11-4-3-8-31(37)16-20-41(38)39/h1-30H. The second kappa shape index (κ2) is 11.3. The number of rotatable bonds is 2. The number of benzene rings is 11. The van der Waals surface area contributed by atoms with E-state index in [9.17, 15) is 0 Å². The van der Waals surface area contributed by atoms with Gasteiger partial charge in [0.2, 0.25) is 0 Å². The molecule has 0 fully saturated rings. The van der Waals surface area contributed by atoms with Gasteiger partial charge in [0.1, 0.15) is 11.2 Å². The molecule has 2 heterocycles.